The first-order valence-electron chi connectivity index (χ1n) is 9.10. The van der Waals surface area contributed by atoms with E-state index in [-0.39, 0.29) is 25.0 Å². The van der Waals surface area contributed by atoms with E-state index in [9.17, 15) is 19.8 Å². The second-order valence-electron chi connectivity index (χ2n) is 6.68. The van der Waals surface area contributed by atoms with Crippen LogP contribution in [0.1, 0.15) is 61.3 Å². The van der Waals surface area contributed by atoms with Gasteiger partial charge < -0.3 is 19.7 Å². The Morgan fingerprint density at radius 2 is 1.12 bits per heavy atom. The Balaban J connectivity index is 2.54. The molecule has 0 heterocycles. The second-order valence-corrected chi connectivity index (χ2v) is 6.68. The maximum Gasteiger partial charge on any atom is 0.338 e. The summed E-state index contributed by atoms with van der Waals surface area (Å²) in [6, 6.07) is 6.02. The first-order chi connectivity index (χ1) is 12.3. The Labute approximate surface area is 155 Å². The van der Waals surface area contributed by atoms with Gasteiger partial charge in [-0.05, 0) is 37.1 Å². The lowest BCUT2D eigenvalue weighted by atomic mass is 10.0. The fourth-order valence-corrected chi connectivity index (χ4v) is 2.35. The molecule has 0 radical (unpaired) electrons. The minimum atomic E-state index is -0.506. The SMILES string of the molecule is CCC(O)C(C)COC(=O)c1ccc(C(=O)OCC(C)C(O)CC)cc1. The third kappa shape index (κ3) is 6.77. The van der Waals surface area contributed by atoms with Crippen molar-refractivity contribution in [3.05, 3.63) is 35.4 Å². The van der Waals surface area contributed by atoms with Gasteiger partial charge >= 0.3 is 11.9 Å². The van der Waals surface area contributed by atoms with Crippen LogP contribution in [0.3, 0.4) is 0 Å². The number of ether oxygens (including phenoxy) is 2. The number of hydrogen-bond acceptors (Lipinski definition) is 6. The van der Waals surface area contributed by atoms with Gasteiger partial charge in [-0.25, -0.2) is 9.59 Å². The molecule has 4 atom stereocenters. The van der Waals surface area contributed by atoms with Crippen LogP contribution in [-0.4, -0.2) is 47.6 Å². The molecular formula is C20H30O6. The van der Waals surface area contributed by atoms with Crippen LogP contribution >= 0.6 is 0 Å². The molecule has 0 fully saturated rings. The van der Waals surface area contributed by atoms with E-state index in [0.29, 0.717) is 24.0 Å². The Kier molecular flexibility index (Phi) is 9.30. The Morgan fingerprint density at radius 1 is 0.808 bits per heavy atom. The van der Waals surface area contributed by atoms with Gasteiger partial charge in [0.05, 0.1) is 36.5 Å². The summed E-state index contributed by atoms with van der Waals surface area (Å²) in [7, 11) is 0. The highest BCUT2D eigenvalue weighted by atomic mass is 16.5. The number of rotatable bonds is 10. The maximum atomic E-state index is 12.0. The summed E-state index contributed by atoms with van der Waals surface area (Å²) in [5.74, 6) is -1.28. The van der Waals surface area contributed by atoms with Crippen LogP contribution in [0.5, 0.6) is 0 Å². The number of carbonyl (C=O) groups excluding carboxylic acids is 2. The van der Waals surface area contributed by atoms with Gasteiger partial charge in [-0.15, -0.1) is 0 Å². The summed E-state index contributed by atoms with van der Waals surface area (Å²) in [6.45, 7) is 7.63. The number of benzene rings is 1. The van der Waals surface area contributed by atoms with Crippen LogP contribution in [0.2, 0.25) is 0 Å². The van der Waals surface area contributed by atoms with Crippen LogP contribution in [0.4, 0.5) is 0 Å². The van der Waals surface area contributed by atoms with E-state index >= 15 is 0 Å². The van der Waals surface area contributed by atoms with E-state index in [1.807, 2.05) is 27.7 Å². The molecule has 0 spiro atoms. The molecule has 0 aliphatic carbocycles. The summed E-state index contributed by atoms with van der Waals surface area (Å²) in [5.41, 5.74) is 0.657. The van der Waals surface area contributed by atoms with E-state index in [4.69, 9.17) is 9.47 Å². The van der Waals surface area contributed by atoms with Crippen LogP contribution in [0, 0.1) is 11.8 Å². The molecule has 0 saturated carbocycles. The summed E-state index contributed by atoms with van der Waals surface area (Å²) < 4.78 is 10.4. The standard InChI is InChI=1S/C20H30O6/c1-5-17(21)13(3)11-25-19(23)15-7-9-16(10-8-15)20(24)26-12-14(4)18(22)6-2/h7-10,13-14,17-18,21-22H,5-6,11-12H2,1-4H3. The number of hydrogen-bond donors (Lipinski definition) is 2. The van der Waals surface area contributed by atoms with E-state index in [0.717, 1.165) is 0 Å². The van der Waals surface area contributed by atoms with Crippen molar-refractivity contribution in [1.82, 2.24) is 0 Å². The van der Waals surface area contributed by atoms with E-state index in [1.165, 1.54) is 24.3 Å². The minimum absolute atomic E-state index is 0.134. The molecule has 0 aliphatic rings. The van der Waals surface area contributed by atoms with Crippen LogP contribution in [0.15, 0.2) is 24.3 Å². The number of esters is 2. The number of carbonyl (C=O) groups is 2. The molecule has 4 unspecified atom stereocenters. The zero-order chi connectivity index (χ0) is 19.7. The van der Waals surface area contributed by atoms with Crippen molar-refractivity contribution >= 4 is 11.9 Å². The lowest BCUT2D eigenvalue weighted by molar-refractivity contribution is 0.0246. The average Bonchev–Trinajstić information content (AvgIpc) is 2.68. The van der Waals surface area contributed by atoms with Crippen molar-refractivity contribution in [3.63, 3.8) is 0 Å². The minimum Gasteiger partial charge on any atom is -0.462 e. The van der Waals surface area contributed by atoms with E-state index in [1.54, 1.807) is 0 Å². The monoisotopic (exact) mass is 366 g/mol. The highest BCUT2D eigenvalue weighted by molar-refractivity contribution is 5.93. The topological polar surface area (TPSA) is 93.1 Å². The molecule has 0 aliphatic heterocycles. The van der Waals surface area contributed by atoms with Gasteiger partial charge in [-0.1, -0.05) is 27.7 Å². The van der Waals surface area contributed by atoms with Gasteiger partial charge in [0.15, 0.2) is 0 Å². The zero-order valence-corrected chi connectivity index (χ0v) is 16.0. The molecule has 0 saturated heterocycles. The highest BCUT2D eigenvalue weighted by Crippen LogP contribution is 2.12. The van der Waals surface area contributed by atoms with Crippen LogP contribution in [-0.2, 0) is 9.47 Å². The van der Waals surface area contributed by atoms with Crippen molar-refractivity contribution < 1.29 is 29.3 Å². The molecule has 0 amide bonds. The third-order valence-electron chi connectivity index (χ3n) is 4.46. The lowest BCUT2D eigenvalue weighted by Gasteiger charge is -2.17. The molecule has 6 heteroatoms. The molecule has 146 valence electrons. The second kappa shape index (κ2) is 10.9. The normalized spacial score (nSPS) is 15.6. The Morgan fingerprint density at radius 3 is 1.38 bits per heavy atom. The smallest absolute Gasteiger partial charge is 0.338 e. The van der Waals surface area contributed by atoms with Gasteiger partial charge in [-0.3, -0.25) is 0 Å². The lowest BCUT2D eigenvalue weighted by Crippen LogP contribution is -2.23. The molecule has 1 aromatic rings. The fraction of sp³-hybridized carbons (Fsp3) is 0.600. The number of aliphatic hydroxyl groups is 2. The molecular weight excluding hydrogens is 336 g/mol. The van der Waals surface area contributed by atoms with Gasteiger partial charge in [0.1, 0.15) is 0 Å². The van der Waals surface area contributed by atoms with E-state index < -0.39 is 24.1 Å². The van der Waals surface area contributed by atoms with Crippen LogP contribution < -0.4 is 0 Å². The predicted octanol–water partition coefficient (Wildman–Crippen LogP) is 2.81. The summed E-state index contributed by atoms with van der Waals surface area (Å²) in [4.78, 5) is 24.0. The fourth-order valence-electron chi connectivity index (χ4n) is 2.35. The maximum absolute atomic E-state index is 12.0. The molecule has 0 bridgehead atoms. The molecule has 6 nitrogen and oxygen atoms in total. The van der Waals surface area contributed by atoms with Crippen molar-refractivity contribution in [2.45, 2.75) is 52.7 Å². The highest BCUT2D eigenvalue weighted by Gasteiger charge is 2.17. The van der Waals surface area contributed by atoms with E-state index in [2.05, 4.69) is 0 Å². The van der Waals surface area contributed by atoms with Crippen molar-refractivity contribution in [2.24, 2.45) is 11.8 Å². The van der Waals surface area contributed by atoms with Crippen LogP contribution in [0.25, 0.3) is 0 Å². The molecule has 1 rings (SSSR count). The van der Waals surface area contributed by atoms with Gasteiger partial charge in [0, 0.05) is 11.8 Å². The average molecular weight is 366 g/mol. The number of aliphatic hydroxyl groups excluding tert-OH is 2. The molecule has 0 aromatic heterocycles. The Hall–Kier alpha value is -1.92. The molecule has 26 heavy (non-hydrogen) atoms. The molecule has 2 N–H and O–H groups in total. The van der Waals surface area contributed by atoms with Crippen molar-refractivity contribution in [3.8, 4) is 0 Å². The van der Waals surface area contributed by atoms with Gasteiger partial charge in [-0.2, -0.15) is 0 Å². The van der Waals surface area contributed by atoms with Gasteiger partial charge in [0.2, 0.25) is 0 Å². The summed E-state index contributed by atoms with van der Waals surface area (Å²) in [5, 5.41) is 19.4. The first kappa shape index (κ1) is 22.1. The summed E-state index contributed by atoms with van der Waals surface area (Å²) in [6.07, 6.45) is 0.189. The quantitative estimate of drug-likeness (QED) is 0.619. The first-order valence-corrected chi connectivity index (χ1v) is 9.10. The summed E-state index contributed by atoms with van der Waals surface area (Å²) >= 11 is 0. The molecule has 1 aromatic carbocycles. The third-order valence-corrected chi connectivity index (χ3v) is 4.46. The zero-order valence-electron chi connectivity index (χ0n) is 16.0. The predicted molar refractivity (Wildman–Crippen MR) is 97.9 cm³/mol. The van der Waals surface area contributed by atoms with Crippen molar-refractivity contribution in [2.75, 3.05) is 13.2 Å². The largest absolute Gasteiger partial charge is 0.462 e. The Bertz CT molecular complexity index is 517. The van der Waals surface area contributed by atoms with Gasteiger partial charge in [0.25, 0.3) is 0 Å². The van der Waals surface area contributed by atoms with Crippen molar-refractivity contribution in [1.29, 1.82) is 0 Å².